The van der Waals surface area contributed by atoms with Crippen LogP contribution >= 0.6 is 0 Å². The summed E-state index contributed by atoms with van der Waals surface area (Å²) in [5.41, 5.74) is 1.30. The number of hydrogen-bond acceptors (Lipinski definition) is 3. The van der Waals surface area contributed by atoms with Crippen molar-refractivity contribution in [1.29, 1.82) is 0 Å². The maximum Gasteiger partial charge on any atom is 0.268 e. The number of aromatic nitrogens is 1. The monoisotopic (exact) mass is 343 g/mol. The fraction of sp³-hybridized carbons (Fsp3) is 0.0556. The van der Waals surface area contributed by atoms with E-state index in [0.717, 1.165) is 9.54 Å². The quantitative estimate of drug-likeness (QED) is 0.680. The summed E-state index contributed by atoms with van der Waals surface area (Å²) in [5.74, 6) is -0.562. The van der Waals surface area contributed by atoms with Gasteiger partial charge in [-0.3, -0.25) is 4.79 Å². The Morgan fingerprint density at radius 1 is 1.04 bits per heavy atom. The second-order valence-electron chi connectivity index (χ2n) is 5.37. The smallest absolute Gasteiger partial charge is 0.268 e. The Morgan fingerprint density at radius 2 is 1.71 bits per heavy atom. The molecule has 24 heavy (non-hydrogen) atoms. The van der Waals surface area contributed by atoms with Gasteiger partial charge in [-0.2, -0.15) is 0 Å². The Labute approximate surface area is 139 Å². The van der Waals surface area contributed by atoms with Crippen molar-refractivity contribution in [2.24, 2.45) is 0 Å². The Balaban J connectivity index is 2.24. The van der Waals surface area contributed by atoms with Crippen molar-refractivity contribution in [2.45, 2.75) is 11.8 Å². The predicted molar refractivity (Wildman–Crippen MR) is 89.0 cm³/mol. The van der Waals surface area contributed by atoms with Crippen molar-refractivity contribution in [3.05, 3.63) is 77.7 Å². The van der Waals surface area contributed by atoms with Gasteiger partial charge in [0.05, 0.1) is 10.6 Å². The first-order valence-corrected chi connectivity index (χ1v) is 8.62. The number of rotatable bonds is 4. The van der Waals surface area contributed by atoms with Crippen molar-refractivity contribution >= 4 is 16.3 Å². The third-order valence-corrected chi connectivity index (χ3v) is 5.36. The Morgan fingerprint density at radius 3 is 2.33 bits per heavy atom. The lowest BCUT2D eigenvalue weighted by molar-refractivity contribution is 0.112. The van der Waals surface area contributed by atoms with Crippen molar-refractivity contribution in [1.82, 2.24) is 3.97 Å². The van der Waals surface area contributed by atoms with Crippen LogP contribution in [-0.4, -0.2) is 18.7 Å². The summed E-state index contributed by atoms with van der Waals surface area (Å²) in [6.07, 6.45) is 1.73. The SMILES string of the molecule is Cc1ccc(S(=O)(=O)n2cc(C=O)cc2-c2ccccc2F)cc1. The zero-order valence-corrected chi connectivity index (χ0v) is 13.6. The minimum absolute atomic E-state index is 0.0683. The van der Waals surface area contributed by atoms with E-state index in [1.165, 1.54) is 42.6 Å². The Kier molecular flexibility index (Phi) is 4.07. The van der Waals surface area contributed by atoms with Crippen molar-refractivity contribution < 1.29 is 17.6 Å². The molecule has 0 spiro atoms. The van der Waals surface area contributed by atoms with Crippen LogP contribution in [0.2, 0.25) is 0 Å². The molecule has 0 aliphatic carbocycles. The number of hydrogen-bond donors (Lipinski definition) is 0. The summed E-state index contributed by atoms with van der Waals surface area (Å²) in [6.45, 7) is 1.85. The maximum atomic E-state index is 14.1. The molecule has 1 heterocycles. The fourth-order valence-electron chi connectivity index (χ4n) is 2.42. The molecule has 6 heteroatoms. The standard InChI is InChI=1S/C18H14FNO3S/c1-13-6-8-15(9-7-13)24(22,23)20-11-14(12-21)10-18(20)16-4-2-3-5-17(16)19/h2-12H,1H3. The molecule has 3 aromatic rings. The number of benzene rings is 2. The third-order valence-electron chi connectivity index (χ3n) is 3.67. The highest BCUT2D eigenvalue weighted by molar-refractivity contribution is 7.90. The van der Waals surface area contributed by atoms with E-state index in [1.54, 1.807) is 18.2 Å². The molecular formula is C18H14FNO3S. The predicted octanol–water partition coefficient (Wildman–Crippen LogP) is 3.65. The second-order valence-corrected chi connectivity index (χ2v) is 7.19. The van der Waals surface area contributed by atoms with Crippen LogP contribution in [0.25, 0.3) is 11.3 Å². The van der Waals surface area contributed by atoms with Gasteiger partial charge in [-0.25, -0.2) is 16.8 Å². The van der Waals surface area contributed by atoms with Gasteiger partial charge in [-0.1, -0.05) is 29.8 Å². The summed E-state index contributed by atoms with van der Waals surface area (Å²) in [6, 6.07) is 13.5. The van der Waals surface area contributed by atoms with E-state index in [1.807, 2.05) is 6.92 Å². The maximum absolute atomic E-state index is 14.1. The number of nitrogens with zero attached hydrogens (tertiary/aromatic N) is 1. The molecular weight excluding hydrogens is 329 g/mol. The molecule has 122 valence electrons. The summed E-state index contributed by atoms with van der Waals surface area (Å²) in [7, 11) is -3.95. The van der Waals surface area contributed by atoms with Crippen molar-refractivity contribution in [3.63, 3.8) is 0 Å². The Hall–Kier alpha value is -2.73. The number of carbonyl (C=O) groups excluding carboxylic acids is 1. The molecule has 0 aliphatic rings. The van der Waals surface area contributed by atoms with Gasteiger partial charge in [0.15, 0.2) is 6.29 Å². The van der Waals surface area contributed by atoms with Crippen LogP contribution in [0.4, 0.5) is 4.39 Å². The van der Waals surface area contributed by atoms with Gasteiger partial charge in [-0.05, 0) is 37.3 Å². The van der Waals surface area contributed by atoms with Gasteiger partial charge >= 0.3 is 0 Å². The van der Waals surface area contributed by atoms with Crippen LogP contribution in [0.3, 0.4) is 0 Å². The Bertz CT molecular complexity index is 1000. The normalized spacial score (nSPS) is 11.4. The van der Waals surface area contributed by atoms with Gasteiger partial charge in [0.1, 0.15) is 5.82 Å². The first kappa shape index (κ1) is 16.1. The van der Waals surface area contributed by atoms with Gasteiger partial charge in [0.25, 0.3) is 10.0 Å². The minimum Gasteiger partial charge on any atom is -0.298 e. The molecule has 0 amide bonds. The van der Waals surface area contributed by atoms with E-state index >= 15 is 0 Å². The van der Waals surface area contributed by atoms with E-state index < -0.39 is 15.8 Å². The first-order chi connectivity index (χ1) is 11.4. The van der Waals surface area contributed by atoms with Crippen molar-refractivity contribution in [3.8, 4) is 11.3 Å². The molecule has 0 atom stereocenters. The van der Waals surface area contributed by atoms with Crippen LogP contribution in [0, 0.1) is 12.7 Å². The van der Waals surface area contributed by atoms with E-state index in [9.17, 15) is 17.6 Å². The zero-order valence-electron chi connectivity index (χ0n) is 12.8. The number of aldehydes is 1. The molecule has 0 saturated carbocycles. The average molecular weight is 343 g/mol. The van der Waals surface area contributed by atoms with E-state index in [2.05, 4.69) is 0 Å². The molecule has 0 fully saturated rings. The number of aryl methyl sites for hydroxylation is 1. The largest absolute Gasteiger partial charge is 0.298 e. The topological polar surface area (TPSA) is 56.1 Å². The average Bonchev–Trinajstić information content (AvgIpc) is 3.01. The van der Waals surface area contributed by atoms with Gasteiger partial charge in [0, 0.05) is 17.3 Å². The molecule has 2 aromatic carbocycles. The second kappa shape index (κ2) is 6.05. The molecule has 0 N–H and O–H groups in total. The van der Waals surface area contributed by atoms with Crippen LogP contribution in [0.5, 0.6) is 0 Å². The lowest BCUT2D eigenvalue weighted by atomic mass is 10.1. The lowest BCUT2D eigenvalue weighted by Gasteiger charge is -2.11. The number of halogens is 1. The zero-order chi connectivity index (χ0) is 17.3. The number of carbonyl (C=O) groups is 1. The van der Waals surface area contributed by atoms with Gasteiger partial charge in [0.2, 0.25) is 0 Å². The van der Waals surface area contributed by atoms with Gasteiger partial charge in [-0.15, -0.1) is 0 Å². The first-order valence-electron chi connectivity index (χ1n) is 7.18. The molecule has 0 unspecified atom stereocenters. The fourth-order valence-corrected chi connectivity index (χ4v) is 3.79. The molecule has 1 aromatic heterocycles. The molecule has 0 saturated heterocycles. The molecule has 4 nitrogen and oxygen atoms in total. The van der Waals surface area contributed by atoms with Crippen LogP contribution in [0.1, 0.15) is 15.9 Å². The van der Waals surface area contributed by atoms with E-state index in [0.29, 0.717) is 6.29 Å². The summed E-state index contributed by atoms with van der Waals surface area (Å²) in [4.78, 5) is 11.2. The lowest BCUT2D eigenvalue weighted by Crippen LogP contribution is -2.13. The van der Waals surface area contributed by atoms with Crippen LogP contribution in [-0.2, 0) is 10.0 Å². The molecule has 0 aliphatic heterocycles. The van der Waals surface area contributed by atoms with Crippen LogP contribution in [0.15, 0.2) is 65.7 Å². The summed E-state index contributed by atoms with van der Waals surface area (Å²) < 4.78 is 40.9. The van der Waals surface area contributed by atoms with Crippen LogP contribution < -0.4 is 0 Å². The highest BCUT2D eigenvalue weighted by atomic mass is 32.2. The van der Waals surface area contributed by atoms with E-state index in [4.69, 9.17) is 0 Å². The molecule has 3 rings (SSSR count). The summed E-state index contributed by atoms with van der Waals surface area (Å²) in [5, 5.41) is 0. The minimum atomic E-state index is -3.95. The highest BCUT2D eigenvalue weighted by Crippen LogP contribution is 2.28. The van der Waals surface area contributed by atoms with E-state index in [-0.39, 0.29) is 21.7 Å². The highest BCUT2D eigenvalue weighted by Gasteiger charge is 2.23. The third kappa shape index (κ3) is 2.76. The summed E-state index contributed by atoms with van der Waals surface area (Å²) >= 11 is 0. The van der Waals surface area contributed by atoms with Gasteiger partial charge < -0.3 is 0 Å². The molecule has 0 bridgehead atoms. The molecule has 0 radical (unpaired) electrons. The van der Waals surface area contributed by atoms with Crippen molar-refractivity contribution in [2.75, 3.05) is 0 Å².